The second kappa shape index (κ2) is 6.23. The van der Waals surface area contributed by atoms with Crippen LogP contribution < -0.4 is 5.32 Å². The minimum atomic E-state index is -4.39. The molecule has 0 aliphatic rings. The van der Waals surface area contributed by atoms with Crippen molar-refractivity contribution in [3.05, 3.63) is 15.6 Å². The SMILES string of the molecule is CCc1nc(C)c(CNC(=O)N(C)CC(F)(F)F)s1. The fourth-order valence-electron chi connectivity index (χ4n) is 1.44. The Balaban J connectivity index is 2.51. The van der Waals surface area contributed by atoms with Crippen LogP contribution in [0.4, 0.5) is 18.0 Å². The van der Waals surface area contributed by atoms with Gasteiger partial charge >= 0.3 is 12.2 Å². The molecule has 1 heterocycles. The molecule has 0 aliphatic heterocycles. The van der Waals surface area contributed by atoms with E-state index in [1.165, 1.54) is 11.3 Å². The Hall–Kier alpha value is -1.31. The first-order valence-electron chi connectivity index (χ1n) is 5.73. The van der Waals surface area contributed by atoms with Crippen LogP contribution in [0, 0.1) is 6.92 Å². The van der Waals surface area contributed by atoms with Gasteiger partial charge in [-0.3, -0.25) is 0 Å². The third kappa shape index (κ3) is 5.06. The molecule has 0 aromatic carbocycles. The first-order valence-corrected chi connectivity index (χ1v) is 6.55. The maximum absolute atomic E-state index is 12.1. The molecule has 1 N–H and O–H groups in total. The van der Waals surface area contributed by atoms with Gasteiger partial charge in [-0.1, -0.05) is 6.92 Å². The van der Waals surface area contributed by atoms with Gasteiger partial charge in [-0.05, 0) is 13.3 Å². The van der Waals surface area contributed by atoms with Crippen molar-refractivity contribution in [2.75, 3.05) is 13.6 Å². The van der Waals surface area contributed by atoms with Gasteiger partial charge in [0.2, 0.25) is 0 Å². The van der Waals surface area contributed by atoms with Crippen molar-refractivity contribution in [3.8, 4) is 0 Å². The Kier molecular flexibility index (Phi) is 5.16. The van der Waals surface area contributed by atoms with Crippen LogP contribution in [0.25, 0.3) is 0 Å². The molecule has 108 valence electrons. The predicted molar refractivity (Wildman–Crippen MR) is 67.1 cm³/mol. The van der Waals surface area contributed by atoms with Crippen molar-refractivity contribution in [1.82, 2.24) is 15.2 Å². The molecule has 1 aromatic rings. The third-order valence-electron chi connectivity index (χ3n) is 2.40. The van der Waals surface area contributed by atoms with E-state index < -0.39 is 18.8 Å². The van der Waals surface area contributed by atoms with Crippen molar-refractivity contribution in [2.45, 2.75) is 33.0 Å². The molecule has 1 aromatic heterocycles. The summed E-state index contributed by atoms with van der Waals surface area (Å²) in [7, 11) is 1.11. The van der Waals surface area contributed by atoms with Crippen LogP contribution in [0.15, 0.2) is 0 Å². The number of aryl methyl sites for hydroxylation is 2. The van der Waals surface area contributed by atoms with Crippen LogP contribution in [-0.4, -0.2) is 35.7 Å². The molecule has 1 rings (SSSR count). The highest BCUT2D eigenvalue weighted by atomic mass is 32.1. The van der Waals surface area contributed by atoms with Crippen molar-refractivity contribution < 1.29 is 18.0 Å². The van der Waals surface area contributed by atoms with E-state index in [1.54, 1.807) is 0 Å². The zero-order valence-corrected chi connectivity index (χ0v) is 11.8. The maximum Gasteiger partial charge on any atom is 0.406 e. The number of alkyl halides is 3. The summed E-state index contributed by atoms with van der Waals surface area (Å²) in [5.41, 5.74) is 0.806. The molecule has 2 amide bonds. The summed E-state index contributed by atoms with van der Waals surface area (Å²) >= 11 is 1.46. The minimum Gasteiger partial charge on any atom is -0.333 e. The molecule has 0 bridgehead atoms. The lowest BCUT2D eigenvalue weighted by atomic mass is 10.4. The molecule has 0 spiro atoms. The number of carbonyl (C=O) groups excluding carboxylic acids is 1. The molecule has 0 aliphatic carbocycles. The number of urea groups is 1. The van der Waals surface area contributed by atoms with Gasteiger partial charge in [-0.15, -0.1) is 11.3 Å². The van der Waals surface area contributed by atoms with E-state index >= 15 is 0 Å². The van der Waals surface area contributed by atoms with E-state index in [0.717, 1.165) is 29.0 Å². The van der Waals surface area contributed by atoms with Gasteiger partial charge in [-0.2, -0.15) is 13.2 Å². The lowest BCUT2D eigenvalue weighted by molar-refractivity contribution is -0.137. The monoisotopic (exact) mass is 295 g/mol. The average molecular weight is 295 g/mol. The highest BCUT2D eigenvalue weighted by molar-refractivity contribution is 7.11. The van der Waals surface area contributed by atoms with Gasteiger partial charge in [-0.25, -0.2) is 9.78 Å². The summed E-state index contributed by atoms with van der Waals surface area (Å²) in [6.07, 6.45) is -3.59. The Labute approximate surface area is 113 Å². The zero-order chi connectivity index (χ0) is 14.6. The topological polar surface area (TPSA) is 45.2 Å². The number of aromatic nitrogens is 1. The number of hydrogen-bond acceptors (Lipinski definition) is 3. The summed E-state index contributed by atoms with van der Waals surface area (Å²) in [5.74, 6) is 0. The van der Waals surface area contributed by atoms with Crippen LogP contribution in [0.5, 0.6) is 0 Å². The Morgan fingerprint density at radius 1 is 1.47 bits per heavy atom. The standard InChI is InChI=1S/C11H16F3N3OS/c1-4-9-16-7(2)8(19-9)5-15-10(18)17(3)6-11(12,13)14/h4-6H2,1-3H3,(H,15,18). The Morgan fingerprint density at radius 3 is 2.58 bits per heavy atom. The molecule has 19 heavy (non-hydrogen) atoms. The van der Waals surface area contributed by atoms with Gasteiger partial charge in [0.1, 0.15) is 6.54 Å². The molecular weight excluding hydrogens is 279 g/mol. The van der Waals surface area contributed by atoms with Crippen molar-refractivity contribution >= 4 is 17.4 Å². The quantitative estimate of drug-likeness (QED) is 0.928. The molecule has 0 fully saturated rings. The number of rotatable bonds is 4. The molecule has 0 unspecified atom stereocenters. The fraction of sp³-hybridized carbons (Fsp3) is 0.636. The highest BCUT2D eigenvalue weighted by Crippen LogP contribution is 2.18. The van der Waals surface area contributed by atoms with E-state index in [4.69, 9.17) is 0 Å². The van der Waals surface area contributed by atoms with E-state index in [1.807, 2.05) is 13.8 Å². The van der Waals surface area contributed by atoms with Gasteiger partial charge in [0.25, 0.3) is 0 Å². The normalized spacial score (nSPS) is 11.5. The van der Waals surface area contributed by atoms with E-state index in [2.05, 4.69) is 10.3 Å². The summed E-state index contributed by atoms with van der Waals surface area (Å²) in [6, 6.07) is -0.747. The van der Waals surface area contributed by atoms with Crippen molar-refractivity contribution in [3.63, 3.8) is 0 Å². The second-order valence-electron chi connectivity index (χ2n) is 4.10. The number of carbonyl (C=O) groups is 1. The van der Waals surface area contributed by atoms with E-state index in [-0.39, 0.29) is 6.54 Å². The summed E-state index contributed by atoms with van der Waals surface area (Å²) < 4.78 is 36.3. The van der Waals surface area contributed by atoms with Crippen LogP contribution in [0.3, 0.4) is 0 Å². The summed E-state index contributed by atoms with van der Waals surface area (Å²) in [4.78, 5) is 17.2. The number of thiazole rings is 1. The highest BCUT2D eigenvalue weighted by Gasteiger charge is 2.31. The lowest BCUT2D eigenvalue weighted by Gasteiger charge is -2.19. The maximum atomic E-state index is 12.1. The average Bonchev–Trinajstić information content (AvgIpc) is 2.64. The Morgan fingerprint density at radius 2 is 2.11 bits per heavy atom. The van der Waals surface area contributed by atoms with Gasteiger partial charge in [0, 0.05) is 11.9 Å². The van der Waals surface area contributed by atoms with Crippen LogP contribution in [0.1, 0.15) is 22.5 Å². The molecule has 0 saturated heterocycles. The van der Waals surface area contributed by atoms with E-state index in [0.29, 0.717) is 4.90 Å². The smallest absolute Gasteiger partial charge is 0.333 e. The summed E-state index contributed by atoms with van der Waals surface area (Å²) in [5, 5.41) is 3.41. The third-order valence-corrected chi connectivity index (χ3v) is 3.70. The number of nitrogens with zero attached hydrogens (tertiary/aromatic N) is 2. The number of hydrogen-bond donors (Lipinski definition) is 1. The van der Waals surface area contributed by atoms with E-state index in [9.17, 15) is 18.0 Å². The first kappa shape index (κ1) is 15.7. The first-order chi connectivity index (χ1) is 8.73. The van der Waals surface area contributed by atoms with Crippen molar-refractivity contribution in [2.24, 2.45) is 0 Å². The van der Waals surface area contributed by atoms with Crippen LogP contribution >= 0.6 is 11.3 Å². The predicted octanol–water partition coefficient (Wildman–Crippen LogP) is 2.72. The number of halogens is 3. The molecule has 8 heteroatoms. The van der Waals surface area contributed by atoms with Gasteiger partial charge in [0.05, 0.1) is 17.2 Å². The van der Waals surface area contributed by atoms with Crippen LogP contribution in [0.2, 0.25) is 0 Å². The molecule has 0 saturated carbocycles. The molecule has 0 radical (unpaired) electrons. The fourth-order valence-corrected chi connectivity index (χ4v) is 2.38. The number of amides is 2. The largest absolute Gasteiger partial charge is 0.406 e. The van der Waals surface area contributed by atoms with Gasteiger partial charge < -0.3 is 10.2 Å². The summed E-state index contributed by atoms with van der Waals surface area (Å²) in [6.45, 7) is 2.72. The van der Waals surface area contributed by atoms with Crippen LogP contribution in [-0.2, 0) is 13.0 Å². The number of nitrogens with one attached hydrogen (secondary N) is 1. The minimum absolute atomic E-state index is 0.199. The van der Waals surface area contributed by atoms with Crippen molar-refractivity contribution in [1.29, 1.82) is 0 Å². The Bertz CT molecular complexity index is 445. The second-order valence-corrected chi connectivity index (χ2v) is 5.27. The molecule has 4 nitrogen and oxygen atoms in total. The lowest BCUT2D eigenvalue weighted by Crippen LogP contribution is -2.41. The van der Waals surface area contributed by atoms with Gasteiger partial charge in [0.15, 0.2) is 0 Å². The zero-order valence-electron chi connectivity index (χ0n) is 11.0. The molecular formula is C11H16F3N3OS. The molecule has 0 atom stereocenters.